The van der Waals surface area contributed by atoms with Crippen LogP contribution < -0.4 is 5.14 Å². The summed E-state index contributed by atoms with van der Waals surface area (Å²) in [5.74, 6) is 0.243. The van der Waals surface area contributed by atoms with E-state index < -0.39 is 10.0 Å². The van der Waals surface area contributed by atoms with Crippen LogP contribution in [0.2, 0.25) is 5.02 Å². The Labute approximate surface area is 89.7 Å². The van der Waals surface area contributed by atoms with Crippen molar-refractivity contribution in [3.63, 3.8) is 0 Å². The molecule has 1 aromatic rings. The van der Waals surface area contributed by atoms with Gasteiger partial charge in [-0.1, -0.05) is 30.2 Å². The van der Waals surface area contributed by atoms with Crippen LogP contribution in [0.1, 0.15) is 18.3 Å². The van der Waals surface area contributed by atoms with Crippen molar-refractivity contribution < 1.29 is 8.42 Å². The second kappa shape index (κ2) is 3.92. The molecule has 1 atom stereocenters. The van der Waals surface area contributed by atoms with Crippen LogP contribution in [0.25, 0.3) is 0 Å². The molecule has 0 saturated heterocycles. The summed E-state index contributed by atoms with van der Waals surface area (Å²) >= 11 is 5.73. The van der Waals surface area contributed by atoms with Gasteiger partial charge in [-0.2, -0.15) is 0 Å². The van der Waals surface area contributed by atoms with Gasteiger partial charge in [-0.15, -0.1) is 0 Å². The van der Waals surface area contributed by atoms with E-state index in [-0.39, 0.29) is 15.7 Å². The van der Waals surface area contributed by atoms with Gasteiger partial charge in [0.15, 0.2) is 0 Å². The summed E-state index contributed by atoms with van der Waals surface area (Å²) in [6.07, 6.45) is 0. The maximum atomic E-state index is 11.1. The summed E-state index contributed by atoms with van der Waals surface area (Å²) in [4.78, 5) is -0.00892. The highest BCUT2D eigenvalue weighted by atomic mass is 35.5. The Bertz CT molecular complexity index is 445. The van der Waals surface area contributed by atoms with Gasteiger partial charge >= 0.3 is 0 Å². The molecule has 1 aromatic carbocycles. The smallest absolute Gasteiger partial charge is 0.225 e. The Morgan fingerprint density at radius 1 is 1.50 bits per heavy atom. The third-order valence-electron chi connectivity index (χ3n) is 1.93. The second-order valence-corrected chi connectivity index (χ2v) is 5.33. The van der Waals surface area contributed by atoms with Gasteiger partial charge in [0.05, 0.1) is 5.02 Å². The monoisotopic (exact) mass is 231 g/mol. The van der Waals surface area contributed by atoms with Crippen molar-refractivity contribution in [2.45, 2.75) is 17.6 Å². The van der Waals surface area contributed by atoms with Crippen molar-refractivity contribution in [2.75, 3.05) is 0 Å². The summed E-state index contributed by atoms with van der Waals surface area (Å²) < 4.78 is 22.2. The molecule has 0 heterocycles. The van der Waals surface area contributed by atoms with E-state index in [0.717, 1.165) is 5.56 Å². The zero-order valence-corrected chi connectivity index (χ0v) is 9.56. The highest BCUT2D eigenvalue weighted by molar-refractivity contribution is 7.89. The molecule has 76 valence electrons. The predicted molar refractivity (Wildman–Crippen MR) is 59.8 cm³/mol. The van der Waals surface area contributed by atoms with Crippen LogP contribution in [-0.2, 0) is 10.0 Å². The van der Waals surface area contributed by atoms with Gasteiger partial charge in [0.1, 0.15) is 12.7 Å². The Morgan fingerprint density at radius 3 is 2.50 bits per heavy atom. The van der Waals surface area contributed by atoms with Crippen molar-refractivity contribution in [1.29, 1.82) is 0 Å². The second-order valence-electron chi connectivity index (χ2n) is 3.39. The fourth-order valence-corrected chi connectivity index (χ4v) is 2.18. The molecule has 0 aliphatic carbocycles. The molecule has 2 N–H and O–H groups in total. The number of hydrogen-bond acceptors (Lipinski definition) is 2. The van der Waals surface area contributed by atoms with Gasteiger partial charge in [0.25, 0.3) is 0 Å². The van der Waals surface area contributed by atoms with Crippen LogP contribution in [0.4, 0.5) is 0 Å². The fourth-order valence-electron chi connectivity index (χ4n) is 1.10. The molecule has 0 fully saturated rings. The minimum atomic E-state index is -3.72. The molecular formula is C8H11BClNO2S. The van der Waals surface area contributed by atoms with Crippen molar-refractivity contribution in [2.24, 2.45) is 5.14 Å². The SMILES string of the molecule is BC(C)c1ccc(Cl)c(S(N)(=O)=O)c1. The highest BCUT2D eigenvalue weighted by Crippen LogP contribution is 2.24. The zero-order valence-electron chi connectivity index (χ0n) is 7.99. The van der Waals surface area contributed by atoms with E-state index >= 15 is 0 Å². The lowest BCUT2D eigenvalue weighted by atomic mass is 9.83. The van der Waals surface area contributed by atoms with Crippen LogP contribution in [0, 0.1) is 0 Å². The van der Waals surface area contributed by atoms with Gasteiger partial charge < -0.3 is 0 Å². The largest absolute Gasteiger partial charge is 0.239 e. The molecule has 0 spiro atoms. The minimum Gasteiger partial charge on any atom is -0.225 e. The molecular weight excluding hydrogens is 220 g/mol. The lowest BCUT2D eigenvalue weighted by molar-refractivity contribution is 0.597. The van der Waals surface area contributed by atoms with E-state index in [2.05, 4.69) is 0 Å². The van der Waals surface area contributed by atoms with Crippen LogP contribution in [0.3, 0.4) is 0 Å². The van der Waals surface area contributed by atoms with Gasteiger partial charge in [-0.05, 0) is 17.9 Å². The van der Waals surface area contributed by atoms with Crippen molar-refractivity contribution in [3.8, 4) is 0 Å². The normalized spacial score (nSPS) is 13.9. The third kappa shape index (κ3) is 2.50. The number of nitrogens with two attached hydrogens (primary N) is 1. The molecule has 0 aliphatic heterocycles. The van der Waals surface area contributed by atoms with Crippen molar-refractivity contribution >= 4 is 29.5 Å². The average molecular weight is 232 g/mol. The zero-order chi connectivity index (χ0) is 10.9. The lowest BCUT2D eigenvalue weighted by Crippen LogP contribution is -2.13. The number of halogens is 1. The molecule has 0 bridgehead atoms. The molecule has 0 aliphatic rings. The van der Waals surface area contributed by atoms with Gasteiger partial charge in [-0.25, -0.2) is 13.6 Å². The quantitative estimate of drug-likeness (QED) is 0.761. The summed E-state index contributed by atoms with van der Waals surface area (Å²) in [7, 11) is -1.75. The van der Waals surface area contributed by atoms with Gasteiger partial charge in [0, 0.05) is 0 Å². The number of hydrogen-bond donors (Lipinski definition) is 1. The van der Waals surface area contributed by atoms with E-state index in [9.17, 15) is 8.42 Å². The van der Waals surface area contributed by atoms with Crippen LogP contribution in [0.5, 0.6) is 0 Å². The highest BCUT2D eigenvalue weighted by Gasteiger charge is 2.14. The van der Waals surface area contributed by atoms with Gasteiger partial charge in [-0.3, -0.25) is 0 Å². The molecule has 0 amide bonds. The molecule has 14 heavy (non-hydrogen) atoms. The van der Waals surface area contributed by atoms with E-state index in [1.54, 1.807) is 12.1 Å². The molecule has 1 unspecified atom stereocenters. The molecule has 6 heteroatoms. The van der Waals surface area contributed by atoms with Crippen LogP contribution in [-0.4, -0.2) is 16.3 Å². The van der Waals surface area contributed by atoms with E-state index in [4.69, 9.17) is 16.7 Å². The molecule has 3 nitrogen and oxygen atoms in total. The summed E-state index contributed by atoms with van der Waals surface area (Å²) in [5.41, 5.74) is 0.901. The average Bonchev–Trinajstić information content (AvgIpc) is 2.02. The molecule has 0 radical (unpaired) electrons. The fraction of sp³-hybridized carbons (Fsp3) is 0.250. The number of sulfonamides is 1. The first-order chi connectivity index (χ1) is 6.32. The van der Waals surface area contributed by atoms with Gasteiger partial charge in [0.2, 0.25) is 10.0 Å². The number of primary sulfonamides is 1. The predicted octanol–water partition coefficient (Wildman–Crippen LogP) is 0.682. The van der Waals surface area contributed by atoms with E-state index in [0.29, 0.717) is 0 Å². The molecule has 0 aromatic heterocycles. The first-order valence-corrected chi connectivity index (χ1v) is 6.07. The molecule has 0 saturated carbocycles. The number of benzene rings is 1. The Morgan fingerprint density at radius 2 is 2.07 bits per heavy atom. The van der Waals surface area contributed by atoms with Crippen molar-refractivity contribution in [1.82, 2.24) is 0 Å². The van der Waals surface area contributed by atoms with E-state index in [1.807, 2.05) is 14.8 Å². The summed E-state index contributed by atoms with van der Waals surface area (Å²) in [5, 5.41) is 5.18. The van der Waals surface area contributed by atoms with Crippen LogP contribution in [0.15, 0.2) is 23.1 Å². The Hall–Kier alpha value is -0.515. The molecule has 1 rings (SSSR count). The topological polar surface area (TPSA) is 60.2 Å². The summed E-state index contributed by atoms with van der Waals surface area (Å²) in [6.45, 7) is 1.97. The third-order valence-corrected chi connectivity index (χ3v) is 3.32. The maximum Gasteiger partial charge on any atom is 0.239 e. The number of rotatable bonds is 2. The lowest BCUT2D eigenvalue weighted by Gasteiger charge is -2.08. The Kier molecular flexibility index (Phi) is 3.24. The van der Waals surface area contributed by atoms with Crippen molar-refractivity contribution in [3.05, 3.63) is 28.8 Å². The van der Waals surface area contributed by atoms with Crippen LogP contribution >= 0.6 is 11.6 Å². The standard InChI is InChI=1S/C8H11BClNO2S/c1-5(9)6-2-3-7(10)8(4-6)14(11,12)13/h2-5H,9H2,1H3,(H2,11,12,13). The first-order valence-electron chi connectivity index (χ1n) is 4.14. The van der Waals surface area contributed by atoms with E-state index in [1.165, 1.54) is 6.07 Å². The first kappa shape index (κ1) is 11.6. The summed E-state index contributed by atoms with van der Waals surface area (Å²) in [6, 6.07) is 4.86. The maximum absolute atomic E-state index is 11.1. The minimum absolute atomic E-state index is 0.00892. The Balaban J connectivity index is 3.37.